The second-order valence-corrected chi connectivity index (χ2v) is 6.28. The Bertz CT molecular complexity index is 733. The zero-order chi connectivity index (χ0) is 16.9. The summed E-state index contributed by atoms with van der Waals surface area (Å²) in [6, 6.07) is 17.0. The van der Waals surface area contributed by atoms with Gasteiger partial charge in [0.2, 0.25) is 11.8 Å². The third-order valence-electron chi connectivity index (χ3n) is 4.22. The number of carbonyl (C=O) groups is 2. The van der Waals surface area contributed by atoms with E-state index in [1.54, 1.807) is 4.90 Å². The fourth-order valence-electron chi connectivity index (χ4n) is 2.91. The molecule has 3 rings (SSSR count). The molecule has 2 amide bonds. The van der Waals surface area contributed by atoms with E-state index in [1.807, 2.05) is 54.6 Å². The van der Waals surface area contributed by atoms with Crippen LogP contribution in [0.5, 0.6) is 0 Å². The van der Waals surface area contributed by atoms with Crippen LogP contribution < -0.4 is 10.2 Å². The van der Waals surface area contributed by atoms with E-state index in [-0.39, 0.29) is 24.2 Å². The maximum atomic E-state index is 12.3. The van der Waals surface area contributed by atoms with E-state index in [2.05, 4.69) is 5.32 Å². The molecule has 1 aliphatic rings. The summed E-state index contributed by atoms with van der Waals surface area (Å²) in [7, 11) is 0. The first kappa shape index (κ1) is 16.5. The highest BCUT2D eigenvalue weighted by atomic mass is 35.5. The Hall–Kier alpha value is -2.33. The van der Waals surface area contributed by atoms with Gasteiger partial charge < -0.3 is 10.2 Å². The maximum Gasteiger partial charge on any atom is 0.227 e. The smallest absolute Gasteiger partial charge is 0.227 e. The van der Waals surface area contributed by atoms with Gasteiger partial charge in [-0.2, -0.15) is 0 Å². The van der Waals surface area contributed by atoms with E-state index >= 15 is 0 Å². The number of nitrogens with zero attached hydrogens (tertiary/aromatic N) is 1. The SMILES string of the molecule is O=C(NCCc1ccccc1Cl)[C@@H]1CC(=O)N(c2ccccc2)C1. The number of nitrogens with one attached hydrogen (secondary N) is 1. The van der Waals surface area contributed by atoms with Crippen LogP contribution in [0.25, 0.3) is 0 Å². The minimum atomic E-state index is -0.302. The molecule has 1 atom stereocenters. The molecular weight excluding hydrogens is 324 g/mol. The Morgan fingerprint density at radius 3 is 2.58 bits per heavy atom. The first-order chi connectivity index (χ1) is 11.6. The molecule has 0 bridgehead atoms. The van der Waals surface area contributed by atoms with Crippen molar-refractivity contribution in [3.8, 4) is 0 Å². The molecule has 0 aliphatic carbocycles. The lowest BCUT2D eigenvalue weighted by atomic mass is 10.1. The molecule has 1 fully saturated rings. The van der Waals surface area contributed by atoms with Crippen LogP contribution in [0.15, 0.2) is 54.6 Å². The summed E-state index contributed by atoms with van der Waals surface area (Å²) >= 11 is 6.11. The van der Waals surface area contributed by atoms with Crippen LogP contribution in [-0.4, -0.2) is 24.9 Å². The van der Waals surface area contributed by atoms with Crippen molar-refractivity contribution < 1.29 is 9.59 Å². The largest absolute Gasteiger partial charge is 0.355 e. The molecule has 0 radical (unpaired) electrons. The van der Waals surface area contributed by atoms with E-state index in [1.165, 1.54) is 0 Å². The molecule has 124 valence electrons. The Kier molecular flexibility index (Phi) is 5.16. The van der Waals surface area contributed by atoms with Gasteiger partial charge in [-0.1, -0.05) is 48.0 Å². The van der Waals surface area contributed by atoms with Crippen LogP contribution in [0.1, 0.15) is 12.0 Å². The molecule has 1 saturated heterocycles. The first-order valence-corrected chi connectivity index (χ1v) is 8.39. The van der Waals surface area contributed by atoms with Gasteiger partial charge in [-0.05, 0) is 30.2 Å². The number of hydrogen-bond donors (Lipinski definition) is 1. The highest BCUT2D eigenvalue weighted by Crippen LogP contribution is 2.24. The Balaban J connectivity index is 1.53. The highest BCUT2D eigenvalue weighted by Gasteiger charge is 2.34. The van der Waals surface area contributed by atoms with Crippen LogP contribution in [0, 0.1) is 5.92 Å². The molecule has 4 nitrogen and oxygen atoms in total. The normalized spacial score (nSPS) is 17.1. The van der Waals surface area contributed by atoms with Gasteiger partial charge >= 0.3 is 0 Å². The average molecular weight is 343 g/mol. The topological polar surface area (TPSA) is 49.4 Å². The lowest BCUT2D eigenvalue weighted by Gasteiger charge is -2.16. The predicted molar refractivity (Wildman–Crippen MR) is 95.1 cm³/mol. The van der Waals surface area contributed by atoms with Crippen LogP contribution in [0.2, 0.25) is 5.02 Å². The zero-order valence-corrected chi connectivity index (χ0v) is 14.0. The summed E-state index contributed by atoms with van der Waals surface area (Å²) in [5.41, 5.74) is 1.85. The van der Waals surface area contributed by atoms with Gasteiger partial charge in [0.1, 0.15) is 0 Å². The van der Waals surface area contributed by atoms with Gasteiger partial charge in [0, 0.05) is 30.2 Å². The summed E-state index contributed by atoms with van der Waals surface area (Å²) in [5, 5.41) is 3.62. The second kappa shape index (κ2) is 7.49. The van der Waals surface area contributed by atoms with Crippen LogP contribution in [-0.2, 0) is 16.0 Å². The fraction of sp³-hybridized carbons (Fsp3) is 0.263. The maximum absolute atomic E-state index is 12.3. The number of anilines is 1. The number of para-hydroxylation sites is 1. The molecule has 1 N–H and O–H groups in total. The van der Waals surface area contributed by atoms with Crippen LogP contribution >= 0.6 is 11.6 Å². The van der Waals surface area contributed by atoms with E-state index < -0.39 is 0 Å². The van der Waals surface area contributed by atoms with Crippen molar-refractivity contribution in [1.29, 1.82) is 0 Å². The van der Waals surface area contributed by atoms with Crippen molar-refractivity contribution in [3.05, 3.63) is 65.2 Å². The number of carbonyl (C=O) groups excluding carboxylic acids is 2. The summed E-state index contributed by atoms with van der Waals surface area (Å²) in [4.78, 5) is 26.2. The minimum absolute atomic E-state index is 0.00699. The first-order valence-electron chi connectivity index (χ1n) is 8.01. The van der Waals surface area contributed by atoms with Gasteiger partial charge in [-0.25, -0.2) is 0 Å². The second-order valence-electron chi connectivity index (χ2n) is 5.87. The molecule has 0 aromatic heterocycles. The molecular formula is C19H19ClN2O2. The third kappa shape index (κ3) is 3.77. The summed E-state index contributed by atoms with van der Waals surface area (Å²) < 4.78 is 0. The van der Waals surface area contributed by atoms with Gasteiger partial charge in [0.25, 0.3) is 0 Å². The molecule has 5 heteroatoms. The van der Waals surface area contributed by atoms with E-state index in [4.69, 9.17) is 11.6 Å². The zero-order valence-electron chi connectivity index (χ0n) is 13.2. The monoisotopic (exact) mass is 342 g/mol. The molecule has 1 heterocycles. The van der Waals surface area contributed by atoms with Gasteiger partial charge in [-0.3, -0.25) is 9.59 Å². The predicted octanol–water partition coefficient (Wildman–Crippen LogP) is 3.05. The lowest BCUT2D eigenvalue weighted by Crippen LogP contribution is -2.34. The van der Waals surface area contributed by atoms with E-state index in [9.17, 15) is 9.59 Å². The van der Waals surface area contributed by atoms with Crippen molar-refractivity contribution in [2.45, 2.75) is 12.8 Å². The minimum Gasteiger partial charge on any atom is -0.355 e. The third-order valence-corrected chi connectivity index (χ3v) is 4.58. The van der Waals surface area contributed by atoms with Crippen molar-refractivity contribution >= 4 is 29.1 Å². The van der Waals surface area contributed by atoms with Gasteiger partial charge in [0.05, 0.1) is 5.92 Å². The van der Waals surface area contributed by atoms with Crippen LogP contribution in [0.3, 0.4) is 0 Å². The summed E-state index contributed by atoms with van der Waals surface area (Å²) in [6.45, 7) is 0.944. The van der Waals surface area contributed by atoms with Gasteiger partial charge in [0.15, 0.2) is 0 Å². The van der Waals surface area contributed by atoms with Crippen molar-refractivity contribution in [2.24, 2.45) is 5.92 Å². The quantitative estimate of drug-likeness (QED) is 0.908. The Morgan fingerprint density at radius 2 is 1.83 bits per heavy atom. The Morgan fingerprint density at radius 1 is 1.12 bits per heavy atom. The molecule has 0 unspecified atom stereocenters. The van der Waals surface area contributed by atoms with Crippen molar-refractivity contribution in [3.63, 3.8) is 0 Å². The van der Waals surface area contributed by atoms with E-state index in [0.29, 0.717) is 24.5 Å². The standard InChI is InChI=1S/C19H19ClN2O2/c20-17-9-5-4-6-14(17)10-11-21-19(24)15-12-18(23)22(13-15)16-7-2-1-3-8-16/h1-9,15H,10-13H2,(H,21,24)/t15-/m1/s1. The summed E-state index contributed by atoms with van der Waals surface area (Å²) in [5.74, 6) is -0.384. The number of halogens is 1. The number of hydrogen-bond acceptors (Lipinski definition) is 2. The number of amides is 2. The fourth-order valence-corrected chi connectivity index (χ4v) is 3.14. The molecule has 0 spiro atoms. The molecule has 1 aliphatic heterocycles. The van der Waals surface area contributed by atoms with E-state index in [0.717, 1.165) is 11.3 Å². The summed E-state index contributed by atoms with van der Waals surface area (Å²) in [6.07, 6.45) is 0.932. The van der Waals surface area contributed by atoms with Crippen LogP contribution in [0.4, 0.5) is 5.69 Å². The van der Waals surface area contributed by atoms with Gasteiger partial charge in [-0.15, -0.1) is 0 Å². The lowest BCUT2D eigenvalue weighted by molar-refractivity contribution is -0.126. The number of rotatable bonds is 5. The average Bonchev–Trinajstić information content (AvgIpc) is 2.99. The molecule has 2 aromatic rings. The molecule has 2 aromatic carbocycles. The van der Waals surface area contributed by atoms with Crippen molar-refractivity contribution in [1.82, 2.24) is 5.32 Å². The van der Waals surface area contributed by atoms with Crippen molar-refractivity contribution in [2.75, 3.05) is 18.0 Å². The number of benzene rings is 2. The highest BCUT2D eigenvalue weighted by molar-refractivity contribution is 6.31. The molecule has 0 saturated carbocycles. The Labute approximate surface area is 146 Å². The molecule has 24 heavy (non-hydrogen) atoms.